The van der Waals surface area contributed by atoms with Gasteiger partial charge in [0.25, 0.3) is 0 Å². The van der Waals surface area contributed by atoms with Gasteiger partial charge in [-0.3, -0.25) is 0 Å². The van der Waals surface area contributed by atoms with Crippen molar-refractivity contribution in [3.05, 3.63) is 70.8 Å². The zero-order chi connectivity index (χ0) is 14.1. The summed E-state index contributed by atoms with van der Waals surface area (Å²) in [5.41, 5.74) is 3.59. The van der Waals surface area contributed by atoms with Crippen LogP contribution in [0.4, 0.5) is 8.78 Å². The van der Waals surface area contributed by atoms with Gasteiger partial charge in [0, 0.05) is 12.0 Å². The Labute approximate surface area is 117 Å². The molecule has 0 saturated heterocycles. The lowest BCUT2D eigenvalue weighted by Crippen LogP contribution is -2.39. The molecule has 2 atom stereocenters. The van der Waals surface area contributed by atoms with Crippen LogP contribution in [0.1, 0.15) is 22.6 Å². The van der Waals surface area contributed by atoms with Crippen molar-refractivity contribution in [3.8, 4) is 0 Å². The summed E-state index contributed by atoms with van der Waals surface area (Å²) in [6, 6.07) is 12.8. The van der Waals surface area contributed by atoms with Gasteiger partial charge >= 0.3 is 0 Å². The molecule has 0 spiro atoms. The number of hydrogen-bond acceptors (Lipinski definition) is 1. The highest BCUT2D eigenvalue weighted by Gasteiger charge is 2.31. The van der Waals surface area contributed by atoms with Crippen LogP contribution in [-0.2, 0) is 12.8 Å². The minimum absolute atomic E-state index is 0.245. The average molecular weight is 273 g/mol. The summed E-state index contributed by atoms with van der Waals surface area (Å²) in [5, 5.41) is 3.31. The van der Waals surface area contributed by atoms with Gasteiger partial charge in [-0.2, -0.15) is 0 Å². The summed E-state index contributed by atoms with van der Waals surface area (Å²) in [7, 11) is 1.92. The summed E-state index contributed by atoms with van der Waals surface area (Å²) < 4.78 is 26.2. The third kappa shape index (κ3) is 2.34. The zero-order valence-corrected chi connectivity index (χ0v) is 11.4. The Bertz CT molecular complexity index is 624. The van der Waals surface area contributed by atoms with E-state index in [0.717, 1.165) is 12.0 Å². The number of likely N-dealkylation sites (N-methyl/N-ethyl adjacent to an activating group) is 1. The fourth-order valence-corrected chi connectivity index (χ4v) is 3.02. The first-order valence-electron chi connectivity index (χ1n) is 6.88. The molecule has 3 rings (SSSR count). The highest BCUT2D eigenvalue weighted by molar-refractivity contribution is 5.41. The number of hydrogen-bond donors (Lipinski definition) is 1. The Kier molecular flexibility index (Phi) is 3.53. The van der Waals surface area contributed by atoms with Gasteiger partial charge in [-0.15, -0.1) is 0 Å². The molecule has 0 aliphatic heterocycles. The van der Waals surface area contributed by atoms with E-state index in [2.05, 4.69) is 29.6 Å². The van der Waals surface area contributed by atoms with Crippen LogP contribution in [0.2, 0.25) is 0 Å². The van der Waals surface area contributed by atoms with Crippen molar-refractivity contribution in [3.63, 3.8) is 0 Å². The molecule has 1 N–H and O–H groups in total. The maximum absolute atomic E-state index is 13.3. The van der Waals surface area contributed by atoms with Crippen LogP contribution in [0.15, 0.2) is 42.5 Å². The van der Waals surface area contributed by atoms with Crippen LogP contribution >= 0.6 is 0 Å². The second-order valence-corrected chi connectivity index (χ2v) is 5.36. The number of benzene rings is 2. The standard InChI is InChI=1S/C17H17F2N/c1-20-17(9-11-6-7-15(18)16(19)8-11)14-10-12-4-2-3-5-13(12)14/h2-8,14,17,20H,9-10H2,1H3. The van der Waals surface area contributed by atoms with Gasteiger partial charge in [0.05, 0.1) is 0 Å². The molecule has 1 nitrogen and oxygen atoms in total. The van der Waals surface area contributed by atoms with Crippen molar-refractivity contribution >= 4 is 0 Å². The Morgan fingerprint density at radius 1 is 1.15 bits per heavy atom. The molecule has 0 saturated carbocycles. The maximum Gasteiger partial charge on any atom is 0.159 e. The van der Waals surface area contributed by atoms with Gasteiger partial charge < -0.3 is 5.32 Å². The molecule has 1 aliphatic carbocycles. The Balaban J connectivity index is 1.77. The predicted molar refractivity (Wildman–Crippen MR) is 75.8 cm³/mol. The normalized spacial score (nSPS) is 18.2. The fourth-order valence-electron chi connectivity index (χ4n) is 3.02. The van der Waals surface area contributed by atoms with Crippen molar-refractivity contribution in [2.24, 2.45) is 0 Å². The van der Waals surface area contributed by atoms with Crippen LogP contribution in [-0.4, -0.2) is 13.1 Å². The minimum Gasteiger partial charge on any atom is -0.316 e. The van der Waals surface area contributed by atoms with E-state index in [-0.39, 0.29) is 6.04 Å². The second-order valence-electron chi connectivity index (χ2n) is 5.36. The first-order valence-corrected chi connectivity index (χ1v) is 6.88. The van der Waals surface area contributed by atoms with Crippen molar-refractivity contribution < 1.29 is 8.78 Å². The summed E-state index contributed by atoms with van der Waals surface area (Å²) in [5.74, 6) is -1.11. The van der Waals surface area contributed by atoms with E-state index < -0.39 is 11.6 Å². The number of fused-ring (bicyclic) bond motifs is 1. The van der Waals surface area contributed by atoms with E-state index in [1.54, 1.807) is 6.07 Å². The third-order valence-corrected chi connectivity index (χ3v) is 4.19. The summed E-state index contributed by atoms with van der Waals surface area (Å²) in [6.45, 7) is 0. The minimum atomic E-state index is -0.788. The average Bonchev–Trinajstić information content (AvgIpc) is 2.43. The lowest BCUT2D eigenvalue weighted by molar-refractivity contribution is 0.421. The van der Waals surface area contributed by atoms with Gasteiger partial charge in [-0.1, -0.05) is 30.3 Å². The van der Waals surface area contributed by atoms with Crippen LogP contribution < -0.4 is 5.32 Å². The lowest BCUT2D eigenvalue weighted by Gasteiger charge is -2.36. The second kappa shape index (κ2) is 5.33. The van der Waals surface area contributed by atoms with Gasteiger partial charge in [0.2, 0.25) is 0 Å². The smallest absolute Gasteiger partial charge is 0.159 e. The van der Waals surface area contributed by atoms with Crippen LogP contribution in [0, 0.1) is 11.6 Å². The SMILES string of the molecule is CNC(Cc1ccc(F)c(F)c1)C1Cc2ccccc21. The fraction of sp³-hybridized carbons (Fsp3) is 0.294. The van der Waals surface area contributed by atoms with Crippen molar-refractivity contribution in [2.45, 2.75) is 24.8 Å². The van der Waals surface area contributed by atoms with Crippen molar-refractivity contribution in [1.29, 1.82) is 0 Å². The van der Waals surface area contributed by atoms with E-state index in [1.807, 2.05) is 7.05 Å². The Morgan fingerprint density at radius 2 is 1.95 bits per heavy atom. The van der Waals surface area contributed by atoms with Gasteiger partial charge in [0.1, 0.15) is 0 Å². The van der Waals surface area contributed by atoms with Crippen molar-refractivity contribution in [2.75, 3.05) is 7.05 Å². The number of rotatable bonds is 4. The molecule has 20 heavy (non-hydrogen) atoms. The molecule has 2 unspecified atom stereocenters. The topological polar surface area (TPSA) is 12.0 Å². The predicted octanol–water partition coefficient (Wildman–Crippen LogP) is 3.44. The molecule has 2 aromatic rings. The molecule has 0 aromatic heterocycles. The van der Waals surface area contributed by atoms with Crippen LogP contribution in [0.3, 0.4) is 0 Å². The third-order valence-electron chi connectivity index (χ3n) is 4.19. The summed E-state index contributed by atoms with van der Waals surface area (Å²) in [4.78, 5) is 0. The molecule has 0 fully saturated rings. The Morgan fingerprint density at radius 3 is 2.65 bits per heavy atom. The molecule has 2 aromatic carbocycles. The molecule has 0 amide bonds. The van der Waals surface area contributed by atoms with Crippen molar-refractivity contribution in [1.82, 2.24) is 5.32 Å². The maximum atomic E-state index is 13.3. The first kappa shape index (κ1) is 13.3. The molecule has 0 heterocycles. The number of halogens is 2. The molecule has 104 valence electrons. The quantitative estimate of drug-likeness (QED) is 0.900. The first-order chi connectivity index (χ1) is 9.69. The molecule has 0 bridgehead atoms. The van der Waals surface area contributed by atoms with E-state index in [9.17, 15) is 8.78 Å². The molecular weight excluding hydrogens is 256 g/mol. The molecule has 1 aliphatic rings. The van der Waals surface area contributed by atoms with E-state index in [1.165, 1.54) is 23.3 Å². The van der Waals surface area contributed by atoms with Crippen LogP contribution in [0.5, 0.6) is 0 Å². The van der Waals surface area contributed by atoms with Gasteiger partial charge in [-0.05, 0) is 48.7 Å². The summed E-state index contributed by atoms with van der Waals surface area (Å²) >= 11 is 0. The summed E-state index contributed by atoms with van der Waals surface area (Å²) in [6.07, 6.45) is 1.75. The van der Waals surface area contributed by atoms with E-state index in [4.69, 9.17) is 0 Å². The Hall–Kier alpha value is -1.74. The highest BCUT2D eigenvalue weighted by atomic mass is 19.2. The lowest BCUT2D eigenvalue weighted by atomic mass is 9.72. The number of nitrogens with one attached hydrogen (secondary N) is 1. The zero-order valence-electron chi connectivity index (χ0n) is 11.4. The van der Waals surface area contributed by atoms with Gasteiger partial charge in [0.15, 0.2) is 11.6 Å². The van der Waals surface area contributed by atoms with Gasteiger partial charge in [-0.25, -0.2) is 8.78 Å². The molecule has 0 radical (unpaired) electrons. The molecular formula is C17H17F2N. The highest BCUT2D eigenvalue weighted by Crippen LogP contribution is 2.38. The van der Waals surface area contributed by atoms with E-state index in [0.29, 0.717) is 12.3 Å². The largest absolute Gasteiger partial charge is 0.316 e. The van der Waals surface area contributed by atoms with Crippen LogP contribution in [0.25, 0.3) is 0 Å². The monoisotopic (exact) mass is 273 g/mol. The van der Waals surface area contributed by atoms with E-state index >= 15 is 0 Å². The molecule has 3 heteroatoms.